The summed E-state index contributed by atoms with van der Waals surface area (Å²) in [5.74, 6) is 0. The van der Waals surface area contributed by atoms with Crippen molar-refractivity contribution in [3.63, 3.8) is 0 Å². The van der Waals surface area contributed by atoms with Crippen LogP contribution in [0.5, 0.6) is 0 Å². The summed E-state index contributed by atoms with van der Waals surface area (Å²) < 4.78 is 1.16. The quantitative estimate of drug-likeness (QED) is 0.542. The SMILES string of the molecule is Cc1ccnc2[c]([Al])cccc12. The minimum absolute atomic E-state index is 1.09. The zero-order valence-corrected chi connectivity index (χ0v) is 8.07. The van der Waals surface area contributed by atoms with Gasteiger partial charge in [-0.1, -0.05) is 18.2 Å². The molecule has 1 aromatic carbocycles. The molecule has 0 spiro atoms. The number of hydrogen-bond donors (Lipinski definition) is 0. The Balaban J connectivity index is 2.94. The van der Waals surface area contributed by atoms with E-state index in [-0.39, 0.29) is 0 Å². The molecule has 0 amide bonds. The highest BCUT2D eigenvalue weighted by atomic mass is 27.0. The van der Waals surface area contributed by atoms with Gasteiger partial charge in [0, 0.05) is 11.6 Å². The fourth-order valence-corrected chi connectivity index (χ4v) is 1.68. The van der Waals surface area contributed by atoms with E-state index in [2.05, 4.69) is 46.4 Å². The molecule has 1 nitrogen and oxygen atoms in total. The first-order valence-corrected chi connectivity index (χ1v) is 4.46. The molecular formula is C10H8AlN. The maximum Gasteiger partial charge on any atom is 0.179 e. The van der Waals surface area contributed by atoms with E-state index in [1.807, 2.05) is 12.3 Å². The van der Waals surface area contributed by atoms with Gasteiger partial charge in [0.15, 0.2) is 16.3 Å². The smallest absolute Gasteiger partial charge is 0.179 e. The van der Waals surface area contributed by atoms with Crippen LogP contribution >= 0.6 is 0 Å². The first-order valence-electron chi connectivity index (χ1n) is 3.89. The third-order valence-electron chi connectivity index (χ3n) is 2.02. The molecule has 0 aliphatic carbocycles. The zero-order valence-electron chi connectivity index (χ0n) is 6.91. The second kappa shape index (κ2) is 2.90. The largest absolute Gasteiger partial charge is 0.258 e. The van der Waals surface area contributed by atoms with Gasteiger partial charge < -0.3 is 0 Å². The van der Waals surface area contributed by atoms with E-state index >= 15 is 0 Å². The minimum atomic E-state index is 1.09. The van der Waals surface area contributed by atoms with Crippen LogP contribution in [0, 0.1) is 6.92 Å². The number of para-hydroxylation sites is 1. The summed E-state index contributed by atoms with van der Waals surface area (Å²) in [7, 11) is 0. The van der Waals surface area contributed by atoms with Crippen LogP contribution in [0.15, 0.2) is 30.5 Å². The Labute approximate surface area is 79.9 Å². The van der Waals surface area contributed by atoms with Crippen molar-refractivity contribution in [3.8, 4) is 0 Å². The van der Waals surface area contributed by atoms with Crippen LogP contribution < -0.4 is 4.43 Å². The summed E-state index contributed by atoms with van der Waals surface area (Å²) >= 11 is 2.70. The van der Waals surface area contributed by atoms with Crippen molar-refractivity contribution in [1.82, 2.24) is 4.98 Å². The second-order valence-electron chi connectivity index (χ2n) is 2.87. The van der Waals surface area contributed by atoms with Crippen LogP contribution in [-0.2, 0) is 0 Å². The topological polar surface area (TPSA) is 12.9 Å². The van der Waals surface area contributed by atoms with E-state index < -0.39 is 0 Å². The summed E-state index contributed by atoms with van der Waals surface area (Å²) in [5.41, 5.74) is 2.37. The maximum atomic E-state index is 4.32. The van der Waals surface area contributed by atoms with Crippen LogP contribution in [0.1, 0.15) is 5.56 Å². The van der Waals surface area contributed by atoms with Crippen LogP contribution in [0.25, 0.3) is 10.9 Å². The fraction of sp³-hybridized carbons (Fsp3) is 0.100. The number of aryl methyl sites for hydroxylation is 1. The Morgan fingerprint density at radius 1 is 1.25 bits per heavy atom. The van der Waals surface area contributed by atoms with Crippen molar-refractivity contribution in [1.29, 1.82) is 0 Å². The van der Waals surface area contributed by atoms with E-state index in [4.69, 9.17) is 0 Å². The van der Waals surface area contributed by atoms with Gasteiger partial charge in [0.05, 0.1) is 5.52 Å². The fourth-order valence-electron chi connectivity index (χ4n) is 1.34. The highest BCUT2D eigenvalue weighted by Gasteiger charge is 1.97. The van der Waals surface area contributed by atoms with Gasteiger partial charge in [-0.25, -0.2) is 0 Å². The average Bonchev–Trinajstić information content (AvgIpc) is 2.07. The normalized spacial score (nSPS) is 10.4. The lowest BCUT2D eigenvalue weighted by atomic mass is 10.1. The molecule has 1 aromatic heterocycles. The summed E-state index contributed by atoms with van der Waals surface area (Å²) in [5, 5.41) is 1.24. The van der Waals surface area contributed by atoms with E-state index in [1.165, 1.54) is 10.9 Å². The van der Waals surface area contributed by atoms with Crippen LogP contribution in [0.2, 0.25) is 0 Å². The molecule has 0 atom stereocenters. The van der Waals surface area contributed by atoms with Gasteiger partial charge in [-0.2, -0.15) is 0 Å². The second-order valence-corrected chi connectivity index (χ2v) is 3.49. The van der Waals surface area contributed by atoms with Gasteiger partial charge in [0.2, 0.25) is 0 Å². The predicted octanol–water partition coefficient (Wildman–Crippen LogP) is 1.34. The lowest BCUT2D eigenvalue weighted by molar-refractivity contribution is 1.38. The summed E-state index contributed by atoms with van der Waals surface area (Å²) in [4.78, 5) is 4.32. The van der Waals surface area contributed by atoms with Gasteiger partial charge in [-0.05, 0) is 18.6 Å². The van der Waals surface area contributed by atoms with Gasteiger partial charge in [-0.3, -0.25) is 4.98 Å². The van der Waals surface area contributed by atoms with E-state index in [1.54, 1.807) is 0 Å². The van der Waals surface area contributed by atoms with Gasteiger partial charge in [0.1, 0.15) is 0 Å². The lowest BCUT2D eigenvalue weighted by Gasteiger charge is -2.03. The molecule has 0 aliphatic rings. The maximum absolute atomic E-state index is 4.32. The summed E-state index contributed by atoms with van der Waals surface area (Å²) in [6, 6.07) is 8.25. The predicted molar refractivity (Wildman–Crippen MR) is 51.9 cm³/mol. The number of hydrogen-bond acceptors (Lipinski definition) is 1. The first kappa shape index (κ1) is 7.79. The summed E-state index contributed by atoms with van der Waals surface area (Å²) in [6.07, 6.45) is 1.85. The summed E-state index contributed by atoms with van der Waals surface area (Å²) in [6.45, 7) is 2.11. The molecule has 2 rings (SSSR count). The Hall–Kier alpha value is -0.838. The van der Waals surface area contributed by atoms with Crippen molar-refractivity contribution in [3.05, 3.63) is 36.0 Å². The standard InChI is InChI=1S/C10H8N.Al/c1-8-6-7-11-10-5-3-2-4-9(8)10;/h2-4,6-7H,1H3;. The molecule has 2 aromatic rings. The lowest BCUT2D eigenvalue weighted by Crippen LogP contribution is -2.04. The molecule has 0 saturated heterocycles. The Bertz CT molecular complexity index is 382. The molecule has 56 valence electrons. The van der Waals surface area contributed by atoms with Crippen molar-refractivity contribution < 1.29 is 0 Å². The average molecular weight is 169 g/mol. The molecule has 2 heteroatoms. The monoisotopic (exact) mass is 169 g/mol. The molecule has 0 unspecified atom stereocenters. The Morgan fingerprint density at radius 3 is 2.83 bits per heavy atom. The van der Waals surface area contributed by atoms with E-state index in [9.17, 15) is 0 Å². The van der Waals surface area contributed by atoms with Crippen molar-refractivity contribution in [2.75, 3.05) is 0 Å². The van der Waals surface area contributed by atoms with Gasteiger partial charge >= 0.3 is 0 Å². The van der Waals surface area contributed by atoms with Gasteiger partial charge in [0.25, 0.3) is 0 Å². The molecule has 0 bridgehead atoms. The van der Waals surface area contributed by atoms with Crippen molar-refractivity contribution in [2.24, 2.45) is 0 Å². The third kappa shape index (κ3) is 1.14. The number of rotatable bonds is 0. The van der Waals surface area contributed by atoms with Crippen LogP contribution in [-0.4, -0.2) is 21.3 Å². The molecule has 0 fully saturated rings. The first-order chi connectivity index (χ1) is 5.79. The molecule has 0 aliphatic heterocycles. The number of aromatic nitrogens is 1. The van der Waals surface area contributed by atoms with Gasteiger partial charge in [-0.15, -0.1) is 4.43 Å². The Morgan fingerprint density at radius 2 is 2.08 bits per heavy atom. The highest BCUT2D eigenvalue weighted by Crippen LogP contribution is 2.12. The Kier molecular flexibility index (Phi) is 1.88. The number of fused-ring (bicyclic) bond motifs is 1. The molecular weight excluding hydrogens is 161 g/mol. The third-order valence-corrected chi connectivity index (χ3v) is 2.49. The molecule has 1 heterocycles. The van der Waals surface area contributed by atoms with E-state index in [0.717, 1.165) is 9.94 Å². The number of nitrogens with zero attached hydrogens (tertiary/aromatic N) is 1. The molecule has 0 saturated carbocycles. The molecule has 2 radical (unpaired) electrons. The van der Waals surface area contributed by atoms with Crippen molar-refractivity contribution in [2.45, 2.75) is 6.92 Å². The number of benzene rings is 1. The van der Waals surface area contributed by atoms with Crippen LogP contribution in [0.4, 0.5) is 0 Å². The zero-order chi connectivity index (χ0) is 8.55. The minimum Gasteiger partial charge on any atom is -0.258 e. The highest BCUT2D eigenvalue weighted by molar-refractivity contribution is 6.38. The van der Waals surface area contributed by atoms with E-state index in [0.29, 0.717) is 0 Å². The number of pyridine rings is 1. The molecule has 12 heavy (non-hydrogen) atoms. The molecule has 0 N–H and O–H groups in total. The van der Waals surface area contributed by atoms with Crippen LogP contribution in [0.3, 0.4) is 0 Å². The van der Waals surface area contributed by atoms with Crippen molar-refractivity contribution >= 4 is 31.6 Å².